The van der Waals surface area contributed by atoms with Gasteiger partial charge in [0.1, 0.15) is 54.6 Å². The van der Waals surface area contributed by atoms with Crippen LogP contribution < -0.4 is 10.1 Å². The van der Waals surface area contributed by atoms with Gasteiger partial charge >= 0.3 is 0 Å². The summed E-state index contributed by atoms with van der Waals surface area (Å²) in [6.07, 6.45) is -15.3. The monoisotopic (exact) mass is 475 g/mol. The molecule has 2 aliphatic heterocycles. The van der Waals surface area contributed by atoms with Crippen LogP contribution in [0, 0.1) is 0 Å². The van der Waals surface area contributed by atoms with Crippen LogP contribution in [0.4, 0.5) is 5.69 Å². The first kappa shape index (κ1) is 25.7. The van der Waals surface area contributed by atoms with Crippen molar-refractivity contribution < 1.29 is 59.5 Å². The summed E-state index contributed by atoms with van der Waals surface area (Å²) >= 11 is 0. The van der Waals surface area contributed by atoms with Gasteiger partial charge in [-0.2, -0.15) is 0 Å². The van der Waals surface area contributed by atoms with E-state index in [0.717, 1.165) is 0 Å². The second-order valence-corrected chi connectivity index (χ2v) is 7.83. The van der Waals surface area contributed by atoms with Crippen LogP contribution in [-0.4, -0.2) is 116 Å². The Hall–Kier alpha value is -1.91. The SMILES string of the molecule is CC(=O)Nc1ccc(O[C@H]2OC(CO)[C@@H](OC3OC(CO)[C@@H](O)C(O)[C@H]3O)[C@H](O)C2O)cc1. The molecular formula is C20H29NO12. The molecule has 3 rings (SSSR count). The first-order valence-corrected chi connectivity index (χ1v) is 10.3. The number of carbonyl (C=O) groups is 1. The molecule has 5 unspecified atom stereocenters. The fraction of sp³-hybridized carbons (Fsp3) is 0.650. The highest BCUT2D eigenvalue weighted by molar-refractivity contribution is 5.88. The normalized spacial score (nSPS) is 39.2. The summed E-state index contributed by atoms with van der Waals surface area (Å²) < 4.78 is 21.8. The van der Waals surface area contributed by atoms with E-state index in [1.165, 1.54) is 19.1 Å². The first-order valence-electron chi connectivity index (χ1n) is 10.3. The lowest BCUT2D eigenvalue weighted by Crippen LogP contribution is -2.65. The fourth-order valence-corrected chi connectivity index (χ4v) is 3.61. The number of anilines is 1. The number of hydrogen-bond acceptors (Lipinski definition) is 12. The fourth-order valence-electron chi connectivity index (χ4n) is 3.61. The van der Waals surface area contributed by atoms with Crippen LogP contribution >= 0.6 is 0 Å². The van der Waals surface area contributed by atoms with E-state index in [-0.39, 0.29) is 11.7 Å². The summed E-state index contributed by atoms with van der Waals surface area (Å²) in [6.45, 7) is 0.000118. The van der Waals surface area contributed by atoms with Crippen molar-refractivity contribution >= 4 is 11.6 Å². The van der Waals surface area contributed by atoms with E-state index in [1.807, 2.05) is 0 Å². The molecule has 186 valence electrons. The standard InChI is InChI=1S/C20H29NO12/c1-8(24)21-9-2-4-10(5-3-9)30-19-17(29)15(27)18(12(7-23)32-19)33-20-16(28)14(26)13(25)11(6-22)31-20/h2-5,11-20,22-23,25-29H,6-7H2,1H3,(H,21,24)/t11?,12?,13-,14?,15-,16-,17?,18-,19+,20?/m1/s1. The maximum absolute atomic E-state index is 11.1. The Kier molecular flexibility index (Phi) is 8.58. The van der Waals surface area contributed by atoms with Crippen molar-refractivity contribution in [2.75, 3.05) is 18.5 Å². The molecule has 1 aromatic rings. The molecule has 2 saturated heterocycles. The number of aliphatic hydroxyl groups excluding tert-OH is 7. The molecule has 0 aromatic heterocycles. The van der Waals surface area contributed by atoms with Crippen molar-refractivity contribution in [3.05, 3.63) is 24.3 Å². The Morgan fingerprint density at radius 1 is 0.848 bits per heavy atom. The van der Waals surface area contributed by atoms with Crippen LogP contribution in [0.5, 0.6) is 5.75 Å². The topological polar surface area (TPSA) is 208 Å². The number of ether oxygens (including phenoxy) is 4. The van der Waals surface area contributed by atoms with Gasteiger partial charge in [-0.1, -0.05) is 0 Å². The molecule has 2 heterocycles. The van der Waals surface area contributed by atoms with E-state index in [1.54, 1.807) is 12.1 Å². The number of aliphatic hydroxyl groups is 7. The van der Waals surface area contributed by atoms with E-state index in [0.29, 0.717) is 5.69 Å². The van der Waals surface area contributed by atoms with E-state index in [9.17, 15) is 40.5 Å². The van der Waals surface area contributed by atoms with Crippen molar-refractivity contribution in [2.24, 2.45) is 0 Å². The summed E-state index contributed by atoms with van der Waals surface area (Å²) in [6, 6.07) is 6.10. The molecule has 10 atom stereocenters. The van der Waals surface area contributed by atoms with Crippen LogP contribution in [0.2, 0.25) is 0 Å². The van der Waals surface area contributed by atoms with Gasteiger partial charge in [-0.15, -0.1) is 0 Å². The molecular weight excluding hydrogens is 446 g/mol. The van der Waals surface area contributed by atoms with Gasteiger partial charge < -0.3 is 60.0 Å². The van der Waals surface area contributed by atoms with Gasteiger partial charge in [0.05, 0.1) is 13.2 Å². The van der Waals surface area contributed by atoms with Crippen molar-refractivity contribution in [3.63, 3.8) is 0 Å². The molecule has 1 amide bonds. The largest absolute Gasteiger partial charge is 0.462 e. The number of benzene rings is 1. The Bertz CT molecular complexity index is 775. The molecule has 13 nitrogen and oxygen atoms in total. The maximum atomic E-state index is 11.1. The molecule has 33 heavy (non-hydrogen) atoms. The number of rotatable bonds is 7. The van der Waals surface area contributed by atoms with Crippen molar-refractivity contribution in [1.82, 2.24) is 0 Å². The summed E-state index contributed by atoms with van der Waals surface area (Å²) in [5.74, 6) is -0.0144. The minimum absolute atomic E-state index is 0.241. The lowest BCUT2D eigenvalue weighted by atomic mass is 9.97. The smallest absolute Gasteiger partial charge is 0.229 e. The molecule has 8 N–H and O–H groups in total. The molecule has 2 fully saturated rings. The summed E-state index contributed by atoms with van der Waals surface area (Å²) in [5.41, 5.74) is 0.515. The van der Waals surface area contributed by atoms with Crippen molar-refractivity contribution in [1.29, 1.82) is 0 Å². The molecule has 0 aliphatic carbocycles. The Labute approximate surface area is 188 Å². The molecule has 0 saturated carbocycles. The third-order valence-corrected chi connectivity index (χ3v) is 5.39. The minimum Gasteiger partial charge on any atom is -0.462 e. The molecule has 2 aliphatic rings. The second-order valence-electron chi connectivity index (χ2n) is 7.83. The van der Waals surface area contributed by atoms with Gasteiger partial charge in [0.25, 0.3) is 0 Å². The summed E-state index contributed by atoms with van der Waals surface area (Å²) in [7, 11) is 0. The van der Waals surface area contributed by atoms with Crippen LogP contribution in [0.3, 0.4) is 0 Å². The highest BCUT2D eigenvalue weighted by Gasteiger charge is 2.51. The Morgan fingerprint density at radius 2 is 1.42 bits per heavy atom. The van der Waals surface area contributed by atoms with Crippen molar-refractivity contribution in [3.8, 4) is 5.75 Å². The predicted molar refractivity (Wildman–Crippen MR) is 108 cm³/mol. The van der Waals surface area contributed by atoms with Gasteiger partial charge in [0, 0.05) is 12.6 Å². The van der Waals surface area contributed by atoms with Crippen LogP contribution in [0.15, 0.2) is 24.3 Å². The highest BCUT2D eigenvalue weighted by Crippen LogP contribution is 2.30. The second kappa shape index (κ2) is 11.0. The number of amides is 1. The van der Waals surface area contributed by atoms with Gasteiger partial charge in [-0.3, -0.25) is 4.79 Å². The van der Waals surface area contributed by atoms with E-state index in [2.05, 4.69) is 5.32 Å². The zero-order valence-corrected chi connectivity index (χ0v) is 17.7. The lowest BCUT2D eigenvalue weighted by molar-refractivity contribution is -0.352. The van der Waals surface area contributed by atoms with Crippen LogP contribution in [0.25, 0.3) is 0 Å². The first-order chi connectivity index (χ1) is 15.7. The minimum atomic E-state index is -1.75. The van der Waals surface area contributed by atoms with Gasteiger partial charge in [0.15, 0.2) is 6.29 Å². The van der Waals surface area contributed by atoms with Crippen LogP contribution in [-0.2, 0) is 19.0 Å². The zero-order chi connectivity index (χ0) is 24.3. The Morgan fingerprint density at radius 3 is 2.00 bits per heavy atom. The van der Waals surface area contributed by atoms with E-state index < -0.39 is 74.6 Å². The average Bonchev–Trinajstić information content (AvgIpc) is 2.79. The quantitative estimate of drug-likeness (QED) is 0.195. The van der Waals surface area contributed by atoms with Gasteiger partial charge in [-0.05, 0) is 24.3 Å². The van der Waals surface area contributed by atoms with Gasteiger partial charge in [0.2, 0.25) is 12.2 Å². The maximum Gasteiger partial charge on any atom is 0.229 e. The third kappa shape index (κ3) is 5.78. The molecule has 1 aromatic carbocycles. The van der Waals surface area contributed by atoms with E-state index >= 15 is 0 Å². The zero-order valence-electron chi connectivity index (χ0n) is 17.7. The molecule has 0 bridgehead atoms. The number of carbonyl (C=O) groups excluding carboxylic acids is 1. The number of nitrogens with one attached hydrogen (secondary N) is 1. The average molecular weight is 475 g/mol. The summed E-state index contributed by atoms with van der Waals surface area (Å²) in [5, 5.41) is 72.6. The summed E-state index contributed by atoms with van der Waals surface area (Å²) in [4.78, 5) is 11.1. The molecule has 0 spiro atoms. The Balaban J connectivity index is 1.68. The molecule has 0 radical (unpaired) electrons. The lowest BCUT2D eigenvalue weighted by Gasteiger charge is -2.45. The van der Waals surface area contributed by atoms with Crippen LogP contribution in [0.1, 0.15) is 6.92 Å². The van der Waals surface area contributed by atoms with Crippen molar-refractivity contribution in [2.45, 2.75) is 68.3 Å². The highest BCUT2D eigenvalue weighted by atomic mass is 16.7. The predicted octanol–water partition coefficient (Wildman–Crippen LogP) is -3.35. The van der Waals surface area contributed by atoms with Gasteiger partial charge in [-0.25, -0.2) is 0 Å². The molecule has 13 heteroatoms. The van der Waals surface area contributed by atoms with E-state index in [4.69, 9.17) is 18.9 Å². The number of hydrogen-bond donors (Lipinski definition) is 8. The third-order valence-electron chi connectivity index (χ3n) is 5.39.